The Balaban J connectivity index is 1.97. The smallest absolute Gasteiger partial charge is 0.326 e. The van der Waals surface area contributed by atoms with E-state index < -0.39 is 48.4 Å². The SMILES string of the molecule is CCC(C)C(NC(=O)C(N)Cc1c[nH]c2ccccc12)C(=O)NCC(=O)NC(CC(C)C)C(=O)O. The van der Waals surface area contributed by atoms with Crippen LogP contribution in [-0.4, -0.2) is 58.5 Å². The first-order valence-electron chi connectivity index (χ1n) is 11.9. The Labute approximate surface area is 205 Å². The van der Waals surface area contributed by atoms with E-state index in [1.54, 1.807) is 0 Å². The number of hydrogen-bond acceptors (Lipinski definition) is 5. The molecule has 192 valence electrons. The Bertz CT molecular complexity index is 1030. The number of para-hydroxylation sites is 1. The minimum Gasteiger partial charge on any atom is -0.480 e. The first-order chi connectivity index (χ1) is 16.5. The number of carboxylic acids is 1. The fraction of sp³-hybridized carbons (Fsp3) is 0.520. The van der Waals surface area contributed by atoms with Crippen LogP contribution in [0.2, 0.25) is 0 Å². The monoisotopic (exact) mass is 487 g/mol. The topological polar surface area (TPSA) is 166 Å². The summed E-state index contributed by atoms with van der Waals surface area (Å²) in [5.74, 6) is -2.88. The van der Waals surface area contributed by atoms with Gasteiger partial charge in [-0.05, 0) is 36.3 Å². The third-order valence-corrected chi connectivity index (χ3v) is 6.01. The lowest BCUT2D eigenvalue weighted by molar-refractivity contribution is -0.142. The highest BCUT2D eigenvalue weighted by molar-refractivity contribution is 5.93. The Kier molecular flexibility index (Phi) is 10.3. The molecule has 1 aromatic carbocycles. The predicted octanol–water partition coefficient (Wildman–Crippen LogP) is 1.30. The largest absolute Gasteiger partial charge is 0.480 e. The van der Waals surface area contributed by atoms with E-state index in [1.165, 1.54) is 0 Å². The maximum atomic E-state index is 12.8. The van der Waals surface area contributed by atoms with Crippen LogP contribution >= 0.6 is 0 Å². The van der Waals surface area contributed by atoms with Gasteiger partial charge in [-0.2, -0.15) is 0 Å². The zero-order valence-corrected chi connectivity index (χ0v) is 20.8. The van der Waals surface area contributed by atoms with Crippen LogP contribution in [0.1, 0.15) is 46.1 Å². The molecule has 0 saturated heterocycles. The molecule has 10 nitrogen and oxygen atoms in total. The van der Waals surface area contributed by atoms with Crippen LogP contribution in [0.25, 0.3) is 10.9 Å². The quantitative estimate of drug-likeness (QED) is 0.249. The number of carbonyl (C=O) groups excluding carboxylic acids is 3. The number of carboxylic acid groups (broad SMARTS) is 1. The second kappa shape index (κ2) is 12.9. The average molecular weight is 488 g/mol. The van der Waals surface area contributed by atoms with Crippen LogP contribution in [0.5, 0.6) is 0 Å². The lowest BCUT2D eigenvalue weighted by atomic mass is 9.97. The van der Waals surface area contributed by atoms with Crippen LogP contribution in [0.15, 0.2) is 30.5 Å². The highest BCUT2D eigenvalue weighted by Gasteiger charge is 2.29. The van der Waals surface area contributed by atoms with Crippen molar-refractivity contribution >= 4 is 34.6 Å². The Morgan fingerprint density at radius 1 is 1.06 bits per heavy atom. The Morgan fingerprint density at radius 3 is 2.37 bits per heavy atom. The second-order valence-corrected chi connectivity index (χ2v) is 9.35. The van der Waals surface area contributed by atoms with Gasteiger partial charge >= 0.3 is 5.97 Å². The van der Waals surface area contributed by atoms with E-state index >= 15 is 0 Å². The Hall–Kier alpha value is -3.40. The lowest BCUT2D eigenvalue weighted by Gasteiger charge is -2.25. The molecule has 0 bridgehead atoms. The molecule has 0 aliphatic rings. The zero-order valence-electron chi connectivity index (χ0n) is 20.8. The van der Waals surface area contributed by atoms with Gasteiger partial charge in [0.15, 0.2) is 0 Å². The number of benzene rings is 1. The van der Waals surface area contributed by atoms with Crippen molar-refractivity contribution in [3.05, 3.63) is 36.0 Å². The van der Waals surface area contributed by atoms with Gasteiger partial charge in [0.2, 0.25) is 17.7 Å². The normalized spacial score (nSPS) is 14.7. The van der Waals surface area contributed by atoms with Crippen molar-refractivity contribution in [3.63, 3.8) is 0 Å². The molecule has 35 heavy (non-hydrogen) atoms. The number of aromatic nitrogens is 1. The van der Waals surface area contributed by atoms with E-state index in [0.29, 0.717) is 12.8 Å². The van der Waals surface area contributed by atoms with Gasteiger partial charge in [0, 0.05) is 17.1 Å². The van der Waals surface area contributed by atoms with Gasteiger partial charge in [0.1, 0.15) is 12.1 Å². The minimum absolute atomic E-state index is 0.0736. The van der Waals surface area contributed by atoms with Crippen molar-refractivity contribution in [2.75, 3.05) is 6.54 Å². The van der Waals surface area contributed by atoms with Crippen LogP contribution in [0.3, 0.4) is 0 Å². The van der Waals surface area contributed by atoms with E-state index in [1.807, 2.05) is 58.2 Å². The highest BCUT2D eigenvalue weighted by Crippen LogP contribution is 2.19. The highest BCUT2D eigenvalue weighted by atomic mass is 16.4. The van der Waals surface area contributed by atoms with E-state index in [2.05, 4.69) is 20.9 Å². The molecule has 1 heterocycles. The number of amides is 3. The summed E-state index contributed by atoms with van der Waals surface area (Å²) in [4.78, 5) is 52.4. The lowest BCUT2D eigenvalue weighted by Crippen LogP contribution is -2.56. The minimum atomic E-state index is -1.13. The van der Waals surface area contributed by atoms with Crippen molar-refractivity contribution in [2.24, 2.45) is 17.6 Å². The van der Waals surface area contributed by atoms with Gasteiger partial charge in [-0.25, -0.2) is 4.79 Å². The molecule has 0 radical (unpaired) electrons. The van der Waals surface area contributed by atoms with Gasteiger partial charge in [-0.3, -0.25) is 14.4 Å². The molecular weight excluding hydrogens is 450 g/mol. The number of hydrogen-bond donors (Lipinski definition) is 6. The van der Waals surface area contributed by atoms with Gasteiger partial charge in [-0.1, -0.05) is 52.3 Å². The Morgan fingerprint density at radius 2 is 1.74 bits per heavy atom. The van der Waals surface area contributed by atoms with Crippen molar-refractivity contribution < 1.29 is 24.3 Å². The molecule has 0 saturated carbocycles. The zero-order chi connectivity index (χ0) is 26.1. The van der Waals surface area contributed by atoms with E-state index in [9.17, 15) is 24.3 Å². The number of rotatable bonds is 13. The third kappa shape index (κ3) is 8.10. The first-order valence-corrected chi connectivity index (χ1v) is 11.9. The van der Waals surface area contributed by atoms with Gasteiger partial charge in [0.25, 0.3) is 0 Å². The number of fused-ring (bicyclic) bond motifs is 1. The molecule has 7 N–H and O–H groups in total. The van der Waals surface area contributed by atoms with Gasteiger partial charge in [0.05, 0.1) is 12.6 Å². The van der Waals surface area contributed by atoms with Crippen molar-refractivity contribution in [1.82, 2.24) is 20.9 Å². The standard InChI is InChI=1S/C25H37N5O5/c1-5-15(4)22(24(33)28-13-21(31)29-20(25(34)35)10-14(2)3)30-23(32)18(26)11-16-12-27-19-9-7-6-8-17(16)19/h6-9,12,14-15,18,20,22,27H,5,10-11,13,26H2,1-4H3,(H,28,33)(H,29,31)(H,30,32)(H,34,35). The van der Waals surface area contributed by atoms with Crippen molar-refractivity contribution in [1.29, 1.82) is 0 Å². The molecule has 4 atom stereocenters. The number of nitrogens with one attached hydrogen (secondary N) is 4. The number of aliphatic carboxylic acids is 1. The van der Waals surface area contributed by atoms with Gasteiger partial charge in [-0.15, -0.1) is 0 Å². The molecule has 2 aromatic rings. The third-order valence-electron chi connectivity index (χ3n) is 6.01. The van der Waals surface area contributed by atoms with Crippen LogP contribution in [0, 0.1) is 11.8 Å². The molecule has 1 aromatic heterocycles. The number of H-pyrrole nitrogens is 1. The predicted molar refractivity (Wildman–Crippen MR) is 133 cm³/mol. The maximum absolute atomic E-state index is 12.8. The van der Waals surface area contributed by atoms with Crippen LogP contribution in [0.4, 0.5) is 0 Å². The number of nitrogens with two attached hydrogens (primary N) is 1. The molecule has 0 aliphatic carbocycles. The van der Waals surface area contributed by atoms with E-state index in [0.717, 1.165) is 16.5 Å². The summed E-state index contributed by atoms with van der Waals surface area (Å²) in [6, 6.07) is 4.91. The van der Waals surface area contributed by atoms with Gasteiger partial charge < -0.3 is 31.8 Å². The molecular formula is C25H37N5O5. The fourth-order valence-corrected chi connectivity index (χ4v) is 3.81. The molecule has 0 spiro atoms. The molecule has 0 fully saturated rings. The molecule has 0 aliphatic heterocycles. The average Bonchev–Trinajstić information content (AvgIpc) is 3.22. The summed E-state index contributed by atoms with van der Waals surface area (Å²) in [6.45, 7) is 7.02. The number of aromatic amines is 1. The summed E-state index contributed by atoms with van der Waals surface area (Å²) in [7, 11) is 0. The summed E-state index contributed by atoms with van der Waals surface area (Å²) in [5, 5.41) is 17.9. The summed E-state index contributed by atoms with van der Waals surface area (Å²) in [5.41, 5.74) is 8.01. The first kappa shape index (κ1) is 27.8. The summed E-state index contributed by atoms with van der Waals surface area (Å²) >= 11 is 0. The molecule has 4 unspecified atom stereocenters. The van der Waals surface area contributed by atoms with Crippen molar-refractivity contribution in [3.8, 4) is 0 Å². The summed E-state index contributed by atoms with van der Waals surface area (Å²) in [6.07, 6.45) is 2.99. The van der Waals surface area contributed by atoms with Crippen molar-refractivity contribution in [2.45, 2.75) is 65.1 Å². The van der Waals surface area contributed by atoms with Crippen LogP contribution in [-0.2, 0) is 25.6 Å². The maximum Gasteiger partial charge on any atom is 0.326 e. The second-order valence-electron chi connectivity index (χ2n) is 9.35. The molecule has 10 heteroatoms. The molecule has 2 rings (SSSR count). The fourth-order valence-electron chi connectivity index (χ4n) is 3.81. The summed E-state index contributed by atoms with van der Waals surface area (Å²) < 4.78 is 0. The van der Waals surface area contributed by atoms with E-state index in [-0.39, 0.29) is 18.3 Å². The van der Waals surface area contributed by atoms with Crippen LogP contribution < -0.4 is 21.7 Å². The molecule has 3 amide bonds. The number of carbonyl (C=O) groups is 4. The van der Waals surface area contributed by atoms with E-state index in [4.69, 9.17) is 5.73 Å².